The molecule has 6 nitrogen and oxygen atoms in total. The number of nitriles is 1. The summed E-state index contributed by atoms with van der Waals surface area (Å²) in [7, 11) is 0. The summed E-state index contributed by atoms with van der Waals surface area (Å²) in [6.07, 6.45) is -4.83. The quantitative estimate of drug-likeness (QED) is 0.640. The number of alkyl halides is 3. The lowest BCUT2D eigenvalue weighted by atomic mass is 10.2. The van der Waals surface area contributed by atoms with Crippen LogP contribution in [0.15, 0.2) is 36.4 Å². The second-order valence-electron chi connectivity index (χ2n) is 6.13. The molecular formula is C19H15ClF3NO5. The maximum atomic E-state index is 12.3. The molecule has 0 saturated carbocycles. The molecule has 3 rings (SSSR count). The highest BCUT2D eigenvalue weighted by Gasteiger charge is 2.33. The Labute approximate surface area is 169 Å². The molecule has 1 aliphatic rings. The molecule has 0 atom stereocenters. The third-order valence-electron chi connectivity index (χ3n) is 3.82. The summed E-state index contributed by atoms with van der Waals surface area (Å²) in [6, 6.07) is 9.72. The topological polar surface area (TPSA) is 69.9 Å². The van der Waals surface area contributed by atoms with Gasteiger partial charge in [-0.1, -0.05) is 11.6 Å². The van der Waals surface area contributed by atoms with E-state index in [1.165, 1.54) is 24.3 Å². The Morgan fingerprint density at radius 3 is 2.41 bits per heavy atom. The zero-order chi connectivity index (χ0) is 21.1. The van der Waals surface area contributed by atoms with Gasteiger partial charge in [0, 0.05) is 12.1 Å². The van der Waals surface area contributed by atoms with E-state index in [0.717, 1.165) is 12.1 Å². The summed E-state index contributed by atoms with van der Waals surface area (Å²) in [5.41, 5.74) is 0.325. The predicted molar refractivity (Wildman–Crippen MR) is 95.2 cm³/mol. The number of rotatable bonds is 6. The largest absolute Gasteiger partial charge is 0.573 e. The summed E-state index contributed by atoms with van der Waals surface area (Å²) in [6.45, 7) is 2.61. The monoisotopic (exact) mass is 429 g/mol. The highest BCUT2D eigenvalue weighted by atomic mass is 35.5. The van der Waals surface area contributed by atoms with Gasteiger partial charge in [0.15, 0.2) is 17.3 Å². The summed E-state index contributed by atoms with van der Waals surface area (Å²) in [4.78, 5) is 0. The maximum Gasteiger partial charge on any atom is 0.573 e. The van der Waals surface area contributed by atoms with Gasteiger partial charge < -0.3 is 23.7 Å². The first-order valence-electron chi connectivity index (χ1n) is 8.35. The Kier molecular flexibility index (Phi) is 6.07. The highest BCUT2D eigenvalue weighted by molar-refractivity contribution is 6.32. The van der Waals surface area contributed by atoms with Gasteiger partial charge in [0.1, 0.15) is 18.1 Å². The number of ether oxygens (including phenoxy) is 5. The van der Waals surface area contributed by atoms with Crippen molar-refractivity contribution in [2.75, 3.05) is 19.8 Å². The molecule has 1 fully saturated rings. The van der Waals surface area contributed by atoms with Crippen molar-refractivity contribution in [3.63, 3.8) is 0 Å². The van der Waals surface area contributed by atoms with Crippen molar-refractivity contribution in [1.29, 1.82) is 5.26 Å². The molecule has 0 amide bonds. The average Bonchev–Trinajstić information content (AvgIpc) is 3.08. The van der Waals surface area contributed by atoms with Crippen LogP contribution in [0.2, 0.25) is 5.02 Å². The number of hydrogen-bond donors (Lipinski definition) is 0. The lowest BCUT2D eigenvalue weighted by Crippen LogP contribution is -2.33. The van der Waals surface area contributed by atoms with Crippen LogP contribution >= 0.6 is 11.6 Å². The maximum absolute atomic E-state index is 12.3. The average molecular weight is 430 g/mol. The van der Waals surface area contributed by atoms with Crippen LogP contribution in [0, 0.1) is 11.3 Å². The van der Waals surface area contributed by atoms with E-state index in [1.807, 2.05) is 6.07 Å². The minimum Gasteiger partial charge on any atom is -0.484 e. The Bertz CT molecular complexity index is 923. The fourth-order valence-corrected chi connectivity index (χ4v) is 2.71. The lowest BCUT2D eigenvalue weighted by Gasteiger charge is -2.23. The molecule has 10 heteroatoms. The Balaban J connectivity index is 1.80. The SMILES string of the molecule is CC1(COc2cc(C#N)ccc2Oc2ccc(OC(F)(F)F)cc2Cl)OCCO1. The third-order valence-corrected chi connectivity index (χ3v) is 4.11. The Morgan fingerprint density at radius 2 is 1.79 bits per heavy atom. The summed E-state index contributed by atoms with van der Waals surface area (Å²) in [5, 5.41) is 9.02. The number of halogens is 4. The van der Waals surface area contributed by atoms with Crippen molar-refractivity contribution < 1.29 is 36.9 Å². The van der Waals surface area contributed by atoms with Gasteiger partial charge >= 0.3 is 6.36 Å². The van der Waals surface area contributed by atoms with E-state index in [4.69, 9.17) is 35.8 Å². The highest BCUT2D eigenvalue weighted by Crippen LogP contribution is 2.38. The lowest BCUT2D eigenvalue weighted by molar-refractivity contribution is -0.274. The molecule has 0 radical (unpaired) electrons. The van der Waals surface area contributed by atoms with Crippen LogP contribution in [0.1, 0.15) is 12.5 Å². The molecule has 2 aromatic carbocycles. The molecule has 29 heavy (non-hydrogen) atoms. The minimum atomic E-state index is -4.83. The number of hydrogen-bond acceptors (Lipinski definition) is 6. The molecule has 0 N–H and O–H groups in total. The first-order chi connectivity index (χ1) is 13.7. The van der Waals surface area contributed by atoms with Crippen LogP contribution < -0.4 is 14.2 Å². The van der Waals surface area contributed by atoms with Crippen molar-refractivity contribution in [2.45, 2.75) is 19.1 Å². The Hall–Kier alpha value is -2.67. The fourth-order valence-electron chi connectivity index (χ4n) is 2.50. The Morgan fingerprint density at radius 1 is 1.10 bits per heavy atom. The van der Waals surface area contributed by atoms with Gasteiger partial charge in [0.05, 0.1) is 29.9 Å². The first-order valence-corrected chi connectivity index (χ1v) is 8.73. The second-order valence-corrected chi connectivity index (χ2v) is 6.54. The molecule has 154 valence electrons. The van der Waals surface area contributed by atoms with E-state index in [0.29, 0.717) is 18.8 Å². The molecular weight excluding hydrogens is 415 g/mol. The molecule has 0 aliphatic carbocycles. The molecule has 0 spiro atoms. The summed E-state index contributed by atoms with van der Waals surface area (Å²) < 4.78 is 63.2. The van der Waals surface area contributed by atoms with E-state index in [1.54, 1.807) is 6.92 Å². The molecule has 2 aromatic rings. The van der Waals surface area contributed by atoms with Gasteiger partial charge in [0.2, 0.25) is 0 Å². The molecule has 1 saturated heterocycles. The predicted octanol–water partition coefficient (Wildman–Crippen LogP) is 5.04. The smallest absolute Gasteiger partial charge is 0.484 e. The van der Waals surface area contributed by atoms with E-state index >= 15 is 0 Å². The van der Waals surface area contributed by atoms with Crippen LogP contribution in [0.25, 0.3) is 0 Å². The van der Waals surface area contributed by atoms with E-state index in [-0.39, 0.29) is 28.9 Å². The van der Waals surface area contributed by atoms with Crippen molar-refractivity contribution in [3.05, 3.63) is 47.0 Å². The summed E-state index contributed by atoms with van der Waals surface area (Å²) >= 11 is 6.02. The van der Waals surface area contributed by atoms with Crippen molar-refractivity contribution in [3.8, 4) is 29.1 Å². The van der Waals surface area contributed by atoms with Gasteiger partial charge in [-0.2, -0.15) is 5.26 Å². The molecule has 0 unspecified atom stereocenters. The van der Waals surface area contributed by atoms with E-state index in [2.05, 4.69) is 4.74 Å². The van der Waals surface area contributed by atoms with Crippen molar-refractivity contribution >= 4 is 11.6 Å². The van der Waals surface area contributed by atoms with Gasteiger partial charge in [-0.3, -0.25) is 0 Å². The van der Waals surface area contributed by atoms with Crippen LogP contribution in [0.4, 0.5) is 13.2 Å². The normalized spacial score (nSPS) is 15.6. The number of nitrogens with zero attached hydrogens (tertiary/aromatic N) is 1. The van der Waals surface area contributed by atoms with Crippen molar-refractivity contribution in [1.82, 2.24) is 0 Å². The molecule has 1 aliphatic heterocycles. The zero-order valence-electron chi connectivity index (χ0n) is 15.1. The van der Waals surface area contributed by atoms with Gasteiger partial charge in [-0.25, -0.2) is 0 Å². The summed E-state index contributed by atoms with van der Waals surface area (Å²) in [5.74, 6) is -0.910. The third kappa shape index (κ3) is 5.67. The first kappa shape index (κ1) is 21.0. The van der Waals surface area contributed by atoms with Gasteiger partial charge in [-0.15, -0.1) is 13.2 Å². The fraction of sp³-hybridized carbons (Fsp3) is 0.316. The second kappa shape index (κ2) is 8.37. The molecule has 0 aromatic heterocycles. The zero-order valence-corrected chi connectivity index (χ0v) is 15.8. The van der Waals surface area contributed by atoms with Crippen molar-refractivity contribution in [2.24, 2.45) is 0 Å². The van der Waals surface area contributed by atoms with Crippen LogP contribution in [0.3, 0.4) is 0 Å². The van der Waals surface area contributed by atoms with E-state index < -0.39 is 17.9 Å². The van der Waals surface area contributed by atoms with Crippen LogP contribution in [-0.4, -0.2) is 32.0 Å². The number of benzene rings is 2. The molecule has 1 heterocycles. The molecule has 0 bridgehead atoms. The van der Waals surface area contributed by atoms with E-state index in [9.17, 15) is 13.2 Å². The van der Waals surface area contributed by atoms with Crippen LogP contribution in [0.5, 0.6) is 23.0 Å². The van der Waals surface area contributed by atoms with Gasteiger partial charge in [-0.05, 0) is 31.2 Å². The van der Waals surface area contributed by atoms with Gasteiger partial charge in [0.25, 0.3) is 0 Å². The minimum absolute atomic E-state index is 0.0321. The standard InChI is InChI=1S/C19H15ClF3NO5/c1-18(26-6-7-27-18)11-25-17-8-12(10-24)2-4-16(17)28-15-5-3-13(9-14(15)20)29-19(21,22)23/h2-5,8-9H,6-7,11H2,1H3. The van der Waals surface area contributed by atoms with Crippen LogP contribution in [-0.2, 0) is 9.47 Å².